The molecule has 1 aromatic rings. The highest BCUT2D eigenvalue weighted by Gasteiger charge is 2.25. The van der Waals surface area contributed by atoms with Crippen molar-refractivity contribution in [3.8, 4) is 17.2 Å². The van der Waals surface area contributed by atoms with Crippen molar-refractivity contribution in [3.63, 3.8) is 0 Å². The normalized spacial score (nSPS) is 14.0. The zero-order valence-electron chi connectivity index (χ0n) is 18.0. The fourth-order valence-electron chi connectivity index (χ4n) is 3.23. The van der Waals surface area contributed by atoms with Gasteiger partial charge < -0.3 is 28.7 Å². The number of carbonyl (C=O) groups excluding carboxylic acids is 2. The Hall–Kier alpha value is -2.64. The molecule has 1 aliphatic rings. The van der Waals surface area contributed by atoms with Gasteiger partial charge in [0.05, 0.1) is 27.9 Å². The molecule has 0 atom stereocenters. The predicted octanol–water partition coefficient (Wildman–Crippen LogP) is 2.58. The van der Waals surface area contributed by atoms with E-state index in [1.165, 1.54) is 0 Å². The number of hydrogen-bond donors (Lipinski definition) is 0. The maximum absolute atomic E-state index is 12.6. The molecule has 0 bridgehead atoms. The first-order valence-corrected chi connectivity index (χ1v) is 9.88. The van der Waals surface area contributed by atoms with E-state index in [0.29, 0.717) is 68.8 Å². The Morgan fingerprint density at radius 1 is 0.931 bits per heavy atom. The van der Waals surface area contributed by atoms with Crippen LogP contribution in [-0.2, 0) is 16.0 Å². The zero-order valence-corrected chi connectivity index (χ0v) is 18.0. The average Bonchev–Trinajstić information content (AvgIpc) is 2.74. The first kappa shape index (κ1) is 22.6. The molecular formula is C21H32N2O6. The Morgan fingerprint density at radius 3 is 2.10 bits per heavy atom. The van der Waals surface area contributed by atoms with E-state index in [0.717, 1.165) is 5.56 Å². The summed E-state index contributed by atoms with van der Waals surface area (Å²) >= 11 is 0. The Balaban J connectivity index is 1.89. The minimum Gasteiger partial charge on any atom is -0.493 e. The van der Waals surface area contributed by atoms with E-state index >= 15 is 0 Å². The van der Waals surface area contributed by atoms with Crippen molar-refractivity contribution in [2.24, 2.45) is 5.92 Å². The van der Waals surface area contributed by atoms with Crippen LogP contribution in [0.3, 0.4) is 0 Å². The molecule has 0 aromatic heterocycles. The summed E-state index contributed by atoms with van der Waals surface area (Å²) in [5.41, 5.74) is 0.884. The van der Waals surface area contributed by atoms with E-state index in [2.05, 4.69) is 0 Å². The second-order valence-corrected chi connectivity index (χ2v) is 7.33. The highest BCUT2D eigenvalue weighted by Crippen LogP contribution is 2.40. The van der Waals surface area contributed by atoms with E-state index in [-0.39, 0.29) is 12.0 Å². The summed E-state index contributed by atoms with van der Waals surface area (Å²) in [6, 6.07) is 3.69. The molecular weight excluding hydrogens is 376 g/mol. The minimum absolute atomic E-state index is 0.0528. The van der Waals surface area contributed by atoms with Crippen LogP contribution >= 0.6 is 0 Å². The number of rotatable bonds is 8. The van der Waals surface area contributed by atoms with Crippen LogP contribution in [-0.4, -0.2) is 75.9 Å². The van der Waals surface area contributed by atoms with E-state index in [4.69, 9.17) is 18.9 Å². The molecule has 8 heteroatoms. The number of ether oxygens (including phenoxy) is 4. The molecule has 1 aromatic carbocycles. The molecule has 1 heterocycles. The van der Waals surface area contributed by atoms with Crippen molar-refractivity contribution in [3.05, 3.63) is 17.7 Å². The second-order valence-electron chi connectivity index (χ2n) is 7.33. The Morgan fingerprint density at radius 2 is 1.55 bits per heavy atom. The number of carbonyl (C=O) groups is 2. The average molecular weight is 408 g/mol. The van der Waals surface area contributed by atoms with Crippen LogP contribution < -0.4 is 14.2 Å². The lowest BCUT2D eigenvalue weighted by atomic mass is 10.1. The van der Waals surface area contributed by atoms with Gasteiger partial charge in [-0.1, -0.05) is 19.9 Å². The van der Waals surface area contributed by atoms with Crippen LogP contribution in [0.1, 0.15) is 25.8 Å². The number of methoxy groups -OCH3 is 3. The summed E-state index contributed by atoms with van der Waals surface area (Å²) in [6.45, 7) is 6.40. The van der Waals surface area contributed by atoms with E-state index in [9.17, 15) is 9.59 Å². The van der Waals surface area contributed by atoms with E-state index in [1.54, 1.807) is 31.1 Å². The van der Waals surface area contributed by atoms with Crippen LogP contribution in [0.15, 0.2) is 12.1 Å². The fourth-order valence-corrected chi connectivity index (χ4v) is 3.23. The molecule has 0 saturated carbocycles. The topological polar surface area (TPSA) is 77.5 Å². The fraction of sp³-hybridized carbons (Fsp3) is 0.619. The Labute approximate surface area is 172 Å². The third kappa shape index (κ3) is 5.92. The quantitative estimate of drug-likeness (QED) is 0.658. The molecule has 0 unspecified atom stereocenters. The summed E-state index contributed by atoms with van der Waals surface area (Å²) in [7, 11) is 4.69. The number of piperazine rings is 1. The number of nitrogens with zero attached hydrogens (tertiary/aromatic N) is 2. The van der Waals surface area contributed by atoms with Gasteiger partial charge in [-0.05, 0) is 24.0 Å². The molecule has 0 N–H and O–H groups in total. The van der Waals surface area contributed by atoms with Crippen LogP contribution in [0.4, 0.5) is 4.79 Å². The molecule has 2 amide bonds. The van der Waals surface area contributed by atoms with Gasteiger partial charge in [-0.25, -0.2) is 4.79 Å². The van der Waals surface area contributed by atoms with Crippen molar-refractivity contribution in [1.82, 2.24) is 9.80 Å². The molecule has 1 saturated heterocycles. The van der Waals surface area contributed by atoms with Crippen molar-refractivity contribution >= 4 is 12.0 Å². The van der Waals surface area contributed by atoms with Gasteiger partial charge in [0.2, 0.25) is 11.7 Å². The largest absolute Gasteiger partial charge is 0.493 e. The van der Waals surface area contributed by atoms with Gasteiger partial charge in [-0.3, -0.25) is 4.79 Å². The summed E-state index contributed by atoms with van der Waals surface area (Å²) in [6.07, 6.45) is 0.573. The van der Waals surface area contributed by atoms with Crippen LogP contribution in [0.2, 0.25) is 0 Å². The van der Waals surface area contributed by atoms with Crippen molar-refractivity contribution < 1.29 is 28.5 Å². The predicted molar refractivity (Wildman–Crippen MR) is 109 cm³/mol. The summed E-state index contributed by atoms with van der Waals surface area (Å²) in [5, 5.41) is 0. The third-order valence-electron chi connectivity index (χ3n) is 4.82. The Kier molecular flexibility index (Phi) is 8.42. The standard InChI is InChI=1S/C21H32N2O6/c1-15(2)14-29-21(25)23-12-10-22(11-13-23)18(24)9-7-16-6-8-17(26-3)20(28-5)19(16)27-4/h6,8,15H,7,9-14H2,1-5H3. The molecule has 0 aliphatic carbocycles. The van der Waals surface area contributed by atoms with Crippen LogP contribution in [0, 0.1) is 5.92 Å². The minimum atomic E-state index is -0.305. The van der Waals surface area contributed by atoms with Crippen molar-refractivity contribution in [1.29, 1.82) is 0 Å². The van der Waals surface area contributed by atoms with Gasteiger partial charge in [0.25, 0.3) is 0 Å². The van der Waals surface area contributed by atoms with Crippen molar-refractivity contribution in [2.45, 2.75) is 26.7 Å². The van der Waals surface area contributed by atoms with Gasteiger partial charge in [-0.15, -0.1) is 0 Å². The molecule has 1 fully saturated rings. The number of amides is 2. The smallest absolute Gasteiger partial charge is 0.409 e. The number of aryl methyl sites for hydroxylation is 1. The van der Waals surface area contributed by atoms with Gasteiger partial charge >= 0.3 is 6.09 Å². The molecule has 162 valence electrons. The Bertz CT molecular complexity index is 699. The maximum atomic E-state index is 12.6. The van der Waals surface area contributed by atoms with Gasteiger partial charge in [0.15, 0.2) is 11.5 Å². The van der Waals surface area contributed by atoms with Crippen LogP contribution in [0.25, 0.3) is 0 Å². The molecule has 8 nitrogen and oxygen atoms in total. The zero-order chi connectivity index (χ0) is 21.4. The SMILES string of the molecule is COc1ccc(CCC(=O)N2CCN(C(=O)OCC(C)C)CC2)c(OC)c1OC. The maximum Gasteiger partial charge on any atom is 0.409 e. The van der Waals surface area contributed by atoms with Gasteiger partial charge in [-0.2, -0.15) is 0 Å². The number of hydrogen-bond acceptors (Lipinski definition) is 6. The molecule has 0 spiro atoms. The van der Waals surface area contributed by atoms with Crippen LogP contribution in [0.5, 0.6) is 17.2 Å². The summed E-state index contributed by atoms with van der Waals surface area (Å²) in [5.74, 6) is 2.04. The van der Waals surface area contributed by atoms with E-state index < -0.39 is 0 Å². The molecule has 29 heavy (non-hydrogen) atoms. The molecule has 2 rings (SSSR count). The van der Waals surface area contributed by atoms with Crippen molar-refractivity contribution in [2.75, 3.05) is 54.1 Å². The summed E-state index contributed by atoms with van der Waals surface area (Å²) < 4.78 is 21.4. The first-order chi connectivity index (χ1) is 13.9. The lowest BCUT2D eigenvalue weighted by Crippen LogP contribution is -2.50. The first-order valence-electron chi connectivity index (χ1n) is 9.88. The number of benzene rings is 1. The third-order valence-corrected chi connectivity index (χ3v) is 4.82. The highest BCUT2D eigenvalue weighted by molar-refractivity contribution is 5.77. The summed E-state index contributed by atoms with van der Waals surface area (Å²) in [4.78, 5) is 28.1. The molecule has 1 aliphatic heterocycles. The highest BCUT2D eigenvalue weighted by atomic mass is 16.6. The van der Waals surface area contributed by atoms with Gasteiger partial charge in [0, 0.05) is 32.6 Å². The van der Waals surface area contributed by atoms with E-state index in [1.807, 2.05) is 26.0 Å². The second kappa shape index (κ2) is 10.8. The lowest BCUT2D eigenvalue weighted by molar-refractivity contribution is -0.132. The molecule has 0 radical (unpaired) electrons. The lowest BCUT2D eigenvalue weighted by Gasteiger charge is -2.34. The van der Waals surface area contributed by atoms with Gasteiger partial charge in [0.1, 0.15) is 0 Å². The monoisotopic (exact) mass is 408 g/mol.